The number of nitrogens with zero attached hydrogens (tertiary/aromatic N) is 3. The number of hydrogen-bond acceptors (Lipinski definition) is 8. The zero-order valence-corrected chi connectivity index (χ0v) is 31.1. The lowest BCUT2D eigenvalue weighted by Gasteiger charge is -2.36. The van der Waals surface area contributed by atoms with E-state index in [4.69, 9.17) is 11.5 Å². The molecule has 1 aliphatic rings. The number of carbonyl (C=O) groups is 6. The summed E-state index contributed by atoms with van der Waals surface area (Å²) >= 11 is 0. The standard InChI is InChI=1S/C39H57N7O6/c1-27(2)23-30(26-34(47)33(25-29-15-9-6-10-16-29)43-36(49)31(41)24-28-13-7-5-8-14-28)35(48)42-32(17-11-12-18-40)37(50)45-19-21-46(22-20-45)39(52)38(51)44(3)4/h5-10,13-16,27,30-33H,11-12,17-26,40-41H2,1-4H3,(H,42,48)(H,43,49)/t30-,31+,32+,33+/m0/s1. The second kappa shape index (κ2) is 21.0. The van der Waals surface area contributed by atoms with E-state index >= 15 is 0 Å². The van der Waals surface area contributed by atoms with Crippen molar-refractivity contribution >= 4 is 35.3 Å². The summed E-state index contributed by atoms with van der Waals surface area (Å²) in [6.45, 7) is 5.18. The molecule has 6 N–H and O–H groups in total. The third-order valence-corrected chi connectivity index (χ3v) is 9.23. The summed E-state index contributed by atoms with van der Waals surface area (Å²) in [4.78, 5) is 84.1. The second-order valence-corrected chi connectivity index (χ2v) is 14.2. The predicted octanol–water partition coefficient (Wildman–Crippen LogP) is 1.28. The zero-order valence-electron chi connectivity index (χ0n) is 31.1. The van der Waals surface area contributed by atoms with Gasteiger partial charge in [0.1, 0.15) is 6.04 Å². The van der Waals surface area contributed by atoms with E-state index in [1.807, 2.05) is 74.5 Å². The minimum absolute atomic E-state index is 0.0619. The van der Waals surface area contributed by atoms with Gasteiger partial charge in [0.15, 0.2) is 5.78 Å². The number of rotatable bonds is 18. The Morgan fingerprint density at radius 2 is 1.29 bits per heavy atom. The number of benzene rings is 2. The van der Waals surface area contributed by atoms with E-state index in [1.54, 1.807) is 4.90 Å². The van der Waals surface area contributed by atoms with Crippen LogP contribution in [0.5, 0.6) is 0 Å². The number of nitrogens with two attached hydrogens (primary N) is 2. The molecule has 13 nitrogen and oxygen atoms in total. The summed E-state index contributed by atoms with van der Waals surface area (Å²) in [5.41, 5.74) is 13.8. The Hall–Kier alpha value is -4.62. The van der Waals surface area contributed by atoms with Gasteiger partial charge in [-0.3, -0.25) is 28.8 Å². The highest BCUT2D eigenvalue weighted by Crippen LogP contribution is 2.20. The minimum atomic E-state index is -0.917. The Labute approximate surface area is 307 Å². The van der Waals surface area contributed by atoms with Gasteiger partial charge in [0.25, 0.3) is 0 Å². The first kappa shape index (κ1) is 41.8. The van der Waals surface area contributed by atoms with E-state index < -0.39 is 47.7 Å². The lowest BCUT2D eigenvalue weighted by atomic mass is 9.88. The van der Waals surface area contributed by atoms with Crippen molar-refractivity contribution in [2.75, 3.05) is 46.8 Å². The predicted molar refractivity (Wildman–Crippen MR) is 199 cm³/mol. The van der Waals surface area contributed by atoms with Crippen molar-refractivity contribution in [3.63, 3.8) is 0 Å². The number of hydrogen-bond donors (Lipinski definition) is 4. The first-order valence-corrected chi connectivity index (χ1v) is 18.3. The van der Waals surface area contributed by atoms with Gasteiger partial charge in [0, 0.05) is 52.6 Å². The van der Waals surface area contributed by atoms with Crippen LogP contribution in [0, 0.1) is 11.8 Å². The van der Waals surface area contributed by atoms with Crippen molar-refractivity contribution in [2.45, 2.75) is 76.9 Å². The molecule has 13 heteroatoms. The van der Waals surface area contributed by atoms with Gasteiger partial charge in [-0.25, -0.2) is 0 Å². The van der Waals surface area contributed by atoms with Crippen LogP contribution in [-0.2, 0) is 41.6 Å². The van der Waals surface area contributed by atoms with E-state index in [2.05, 4.69) is 10.6 Å². The highest BCUT2D eigenvalue weighted by atomic mass is 16.2. The van der Waals surface area contributed by atoms with Gasteiger partial charge in [-0.15, -0.1) is 0 Å². The molecular formula is C39H57N7O6. The van der Waals surface area contributed by atoms with E-state index in [0.29, 0.717) is 38.6 Å². The molecule has 1 fully saturated rings. The number of piperazine rings is 1. The number of nitrogens with one attached hydrogen (secondary N) is 2. The largest absolute Gasteiger partial charge is 0.345 e. The van der Waals surface area contributed by atoms with Gasteiger partial charge >= 0.3 is 11.8 Å². The summed E-state index contributed by atoms with van der Waals surface area (Å²) in [6.07, 6.45) is 2.40. The van der Waals surface area contributed by atoms with E-state index in [1.165, 1.54) is 23.9 Å². The third-order valence-electron chi connectivity index (χ3n) is 9.23. The second-order valence-electron chi connectivity index (χ2n) is 14.2. The van der Waals surface area contributed by atoms with Gasteiger partial charge in [-0.05, 0) is 62.1 Å². The first-order valence-electron chi connectivity index (χ1n) is 18.3. The number of likely N-dealkylation sites (N-methyl/N-ethyl adjacent to an activating group) is 1. The zero-order chi connectivity index (χ0) is 38.2. The fraction of sp³-hybridized carbons (Fsp3) is 0.538. The Kier molecular flexibility index (Phi) is 16.9. The van der Waals surface area contributed by atoms with Crippen molar-refractivity contribution < 1.29 is 28.8 Å². The molecule has 52 heavy (non-hydrogen) atoms. The monoisotopic (exact) mass is 719 g/mol. The topological polar surface area (TPSA) is 188 Å². The maximum atomic E-state index is 14.0. The summed E-state index contributed by atoms with van der Waals surface area (Å²) < 4.78 is 0. The van der Waals surface area contributed by atoms with Gasteiger partial charge in [0.2, 0.25) is 17.7 Å². The maximum absolute atomic E-state index is 14.0. The molecule has 0 radical (unpaired) electrons. The summed E-state index contributed by atoms with van der Waals surface area (Å²) in [5, 5.41) is 5.83. The van der Waals surface area contributed by atoms with Crippen LogP contribution in [0.15, 0.2) is 60.7 Å². The molecule has 0 aromatic heterocycles. The van der Waals surface area contributed by atoms with E-state index in [-0.39, 0.29) is 56.6 Å². The van der Waals surface area contributed by atoms with Crippen LogP contribution in [0.25, 0.3) is 0 Å². The molecule has 1 heterocycles. The highest BCUT2D eigenvalue weighted by Gasteiger charge is 2.35. The Balaban J connectivity index is 1.75. The molecule has 284 valence electrons. The fourth-order valence-electron chi connectivity index (χ4n) is 6.29. The third kappa shape index (κ3) is 13.2. The molecule has 2 aromatic carbocycles. The molecule has 5 amide bonds. The van der Waals surface area contributed by atoms with Gasteiger partial charge in [-0.1, -0.05) is 74.5 Å². The number of unbranched alkanes of at least 4 members (excludes halogenated alkanes) is 1. The van der Waals surface area contributed by atoms with Crippen molar-refractivity contribution in [1.82, 2.24) is 25.3 Å². The SMILES string of the molecule is CC(C)C[C@@H](CC(=O)[C@@H](Cc1ccccc1)NC(=O)[C@H](N)Cc1ccccc1)C(=O)N[C@H](CCCCN)C(=O)N1CCN(C(=O)C(=O)N(C)C)CC1. The van der Waals surface area contributed by atoms with Gasteiger partial charge in [-0.2, -0.15) is 0 Å². The maximum Gasteiger partial charge on any atom is 0.312 e. The van der Waals surface area contributed by atoms with Gasteiger partial charge < -0.3 is 36.8 Å². The normalized spacial score (nSPS) is 15.3. The van der Waals surface area contributed by atoms with E-state index in [9.17, 15) is 28.8 Å². The molecule has 0 saturated carbocycles. The first-order chi connectivity index (χ1) is 24.8. The van der Waals surface area contributed by atoms with Crippen LogP contribution in [0.2, 0.25) is 0 Å². The van der Waals surface area contributed by atoms with Crippen LogP contribution in [0.4, 0.5) is 0 Å². The Morgan fingerprint density at radius 1 is 0.750 bits per heavy atom. The number of amides is 5. The van der Waals surface area contributed by atoms with Crippen LogP contribution >= 0.6 is 0 Å². The molecule has 0 spiro atoms. The molecule has 0 aliphatic carbocycles. The average Bonchev–Trinajstić information content (AvgIpc) is 3.13. The van der Waals surface area contributed by atoms with Crippen LogP contribution < -0.4 is 22.1 Å². The van der Waals surface area contributed by atoms with Crippen LogP contribution in [0.3, 0.4) is 0 Å². The Bertz CT molecular complexity index is 1480. The lowest BCUT2D eigenvalue weighted by Crippen LogP contribution is -2.57. The fourth-order valence-corrected chi connectivity index (χ4v) is 6.29. The summed E-state index contributed by atoms with van der Waals surface area (Å²) in [6, 6.07) is 16.1. The molecule has 0 bridgehead atoms. The average molecular weight is 720 g/mol. The molecule has 4 atom stereocenters. The molecule has 1 saturated heterocycles. The smallest absolute Gasteiger partial charge is 0.312 e. The minimum Gasteiger partial charge on any atom is -0.345 e. The van der Waals surface area contributed by atoms with Crippen LogP contribution in [0.1, 0.15) is 57.1 Å². The number of ketones is 1. The summed E-state index contributed by atoms with van der Waals surface area (Å²) in [7, 11) is 3.02. The molecule has 1 aliphatic heterocycles. The lowest BCUT2D eigenvalue weighted by molar-refractivity contribution is -0.152. The number of Topliss-reactive ketones (excluding diaryl/α,β-unsaturated/α-hetero) is 1. The van der Waals surface area contributed by atoms with Crippen molar-refractivity contribution in [2.24, 2.45) is 23.3 Å². The quantitative estimate of drug-likeness (QED) is 0.131. The Morgan fingerprint density at radius 3 is 1.83 bits per heavy atom. The van der Waals surface area contributed by atoms with Crippen molar-refractivity contribution in [3.8, 4) is 0 Å². The molecule has 0 unspecified atom stereocenters. The molecular weight excluding hydrogens is 662 g/mol. The van der Waals surface area contributed by atoms with Gasteiger partial charge in [0.05, 0.1) is 12.1 Å². The highest BCUT2D eigenvalue weighted by molar-refractivity contribution is 6.34. The summed E-state index contributed by atoms with van der Waals surface area (Å²) in [5.74, 6) is -3.39. The van der Waals surface area contributed by atoms with Crippen LogP contribution in [-0.4, -0.2) is 115 Å². The molecule has 3 rings (SSSR count). The van der Waals surface area contributed by atoms with E-state index in [0.717, 1.165) is 11.1 Å². The molecule has 2 aromatic rings. The van der Waals surface area contributed by atoms with Crippen molar-refractivity contribution in [3.05, 3.63) is 71.8 Å². The van der Waals surface area contributed by atoms with Crippen molar-refractivity contribution in [1.29, 1.82) is 0 Å². The number of carbonyl (C=O) groups excluding carboxylic acids is 6.